The van der Waals surface area contributed by atoms with Crippen LogP contribution in [0, 0.1) is 0 Å². The highest BCUT2D eigenvalue weighted by Crippen LogP contribution is 2.14. The van der Waals surface area contributed by atoms with Crippen LogP contribution in [0.25, 0.3) is 0 Å². The second-order valence-corrected chi connectivity index (χ2v) is 7.28. The van der Waals surface area contributed by atoms with Crippen LogP contribution in [0.5, 0.6) is 0 Å². The summed E-state index contributed by atoms with van der Waals surface area (Å²) in [4.78, 5) is 28.0. The summed E-state index contributed by atoms with van der Waals surface area (Å²) in [5.74, 6) is 1.22. The van der Waals surface area contributed by atoms with Crippen molar-refractivity contribution in [2.45, 2.75) is 32.2 Å². The Bertz CT molecular complexity index is 627. The van der Waals surface area contributed by atoms with E-state index in [1.807, 2.05) is 36.3 Å². The van der Waals surface area contributed by atoms with Gasteiger partial charge in [-0.2, -0.15) is 0 Å². The normalized spacial score (nSPS) is 19.3. The van der Waals surface area contributed by atoms with Crippen molar-refractivity contribution in [1.82, 2.24) is 25.0 Å². The summed E-state index contributed by atoms with van der Waals surface area (Å²) in [5.41, 5.74) is 1.08. The number of nitrogens with zero attached hydrogens (tertiary/aromatic N) is 5. The fourth-order valence-electron chi connectivity index (χ4n) is 3.86. The van der Waals surface area contributed by atoms with Gasteiger partial charge in [0.05, 0.1) is 6.04 Å². The summed E-state index contributed by atoms with van der Waals surface area (Å²) < 4.78 is 0. The monoisotopic (exact) mass is 500 g/mol. The minimum atomic E-state index is -0.0237. The Kier molecular flexibility index (Phi) is 9.43. The van der Waals surface area contributed by atoms with Crippen LogP contribution in [0.3, 0.4) is 0 Å². The van der Waals surface area contributed by atoms with E-state index in [0.717, 1.165) is 76.7 Å². The molecule has 1 atom stereocenters. The zero-order valence-electron chi connectivity index (χ0n) is 17.0. The van der Waals surface area contributed by atoms with Crippen LogP contribution in [0.4, 0.5) is 0 Å². The molecule has 156 valence electrons. The molecular formula is C20H33IN6O. The zero-order chi connectivity index (χ0) is 19.1. The second kappa shape index (κ2) is 11.5. The van der Waals surface area contributed by atoms with E-state index in [0.29, 0.717) is 5.91 Å². The molecule has 0 saturated carbocycles. The number of hydrogen-bond acceptors (Lipinski definition) is 4. The summed E-state index contributed by atoms with van der Waals surface area (Å²) >= 11 is 0. The van der Waals surface area contributed by atoms with E-state index in [2.05, 4.69) is 32.0 Å². The molecule has 1 aromatic heterocycles. The average Bonchev–Trinajstić information content (AvgIpc) is 3.26. The van der Waals surface area contributed by atoms with Crippen LogP contribution >= 0.6 is 24.0 Å². The third-order valence-corrected chi connectivity index (χ3v) is 5.54. The van der Waals surface area contributed by atoms with Crippen molar-refractivity contribution < 1.29 is 4.79 Å². The molecule has 0 aromatic carbocycles. The first-order valence-corrected chi connectivity index (χ1v) is 10.1. The Morgan fingerprint density at radius 1 is 1.14 bits per heavy atom. The van der Waals surface area contributed by atoms with Gasteiger partial charge in [0.1, 0.15) is 0 Å². The molecule has 7 nitrogen and oxygen atoms in total. The maximum atomic E-state index is 12.6. The van der Waals surface area contributed by atoms with Crippen LogP contribution in [-0.2, 0) is 11.2 Å². The zero-order valence-corrected chi connectivity index (χ0v) is 19.3. The highest BCUT2D eigenvalue weighted by atomic mass is 127. The van der Waals surface area contributed by atoms with Gasteiger partial charge in [-0.3, -0.25) is 19.7 Å². The lowest BCUT2D eigenvalue weighted by Crippen LogP contribution is -2.57. The quantitative estimate of drug-likeness (QED) is 0.377. The summed E-state index contributed by atoms with van der Waals surface area (Å²) in [7, 11) is 1.83. The van der Waals surface area contributed by atoms with Crippen molar-refractivity contribution in [1.29, 1.82) is 0 Å². The number of piperazine rings is 1. The number of likely N-dealkylation sites (tertiary alicyclic amines) is 1. The number of aliphatic imine (C=N–C) groups is 1. The first kappa shape index (κ1) is 22.9. The average molecular weight is 500 g/mol. The van der Waals surface area contributed by atoms with Gasteiger partial charge in [-0.1, -0.05) is 6.07 Å². The molecule has 2 saturated heterocycles. The smallest absolute Gasteiger partial charge is 0.239 e. The number of hydrogen-bond donors (Lipinski definition) is 1. The van der Waals surface area contributed by atoms with Crippen molar-refractivity contribution >= 4 is 35.8 Å². The molecule has 2 aliphatic heterocycles. The molecule has 0 radical (unpaired) electrons. The topological polar surface area (TPSA) is 64.1 Å². The SMILES string of the molecule is CN=C(NCCc1ccccn1)N1CCN(C(C)C(=O)N2CCCC2)CC1.I. The molecule has 1 N–H and O–H groups in total. The molecule has 0 bridgehead atoms. The Morgan fingerprint density at radius 3 is 2.46 bits per heavy atom. The molecule has 1 unspecified atom stereocenters. The second-order valence-electron chi connectivity index (χ2n) is 7.28. The fourth-order valence-corrected chi connectivity index (χ4v) is 3.86. The summed E-state index contributed by atoms with van der Waals surface area (Å²) in [5, 5.41) is 3.44. The van der Waals surface area contributed by atoms with Gasteiger partial charge in [-0.15, -0.1) is 24.0 Å². The van der Waals surface area contributed by atoms with Gasteiger partial charge in [-0.05, 0) is 31.9 Å². The third kappa shape index (κ3) is 6.04. The molecule has 28 heavy (non-hydrogen) atoms. The van der Waals surface area contributed by atoms with Crippen molar-refractivity contribution in [3.05, 3.63) is 30.1 Å². The van der Waals surface area contributed by atoms with E-state index in [1.165, 1.54) is 0 Å². The highest BCUT2D eigenvalue weighted by Gasteiger charge is 2.30. The van der Waals surface area contributed by atoms with Gasteiger partial charge < -0.3 is 15.1 Å². The molecule has 2 aliphatic rings. The Labute approximate surface area is 185 Å². The molecular weight excluding hydrogens is 467 g/mol. The summed E-state index contributed by atoms with van der Waals surface area (Å²) in [6, 6.07) is 5.97. The predicted octanol–water partition coefficient (Wildman–Crippen LogP) is 1.45. The standard InChI is InChI=1S/C20H32N6O.HI/c1-17(19(27)25-11-5-6-12-25)24-13-15-26(16-14-24)20(21-2)23-10-8-18-7-3-4-9-22-18;/h3-4,7,9,17H,5-6,8,10-16H2,1-2H3,(H,21,23);1H. The predicted molar refractivity (Wildman–Crippen MR) is 123 cm³/mol. The van der Waals surface area contributed by atoms with Gasteiger partial charge in [0, 0.05) is 71.2 Å². The minimum absolute atomic E-state index is 0. The van der Waals surface area contributed by atoms with Gasteiger partial charge in [0.2, 0.25) is 5.91 Å². The Hall–Kier alpha value is -1.42. The van der Waals surface area contributed by atoms with Gasteiger partial charge in [-0.25, -0.2) is 0 Å². The molecule has 2 fully saturated rings. The highest BCUT2D eigenvalue weighted by molar-refractivity contribution is 14.0. The number of amides is 1. The fraction of sp³-hybridized carbons (Fsp3) is 0.650. The molecule has 0 aliphatic carbocycles. The number of carbonyl (C=O) groups is 1. The lowest BCUT2D eigenvalue weighted by molar-refractivity contribution is -0.135. The van der Waals surface area contributed by atoms with Crippen LogP contribution < -0.4 is 5.32 Å². The lowest BCUT2D eigenvalue weighted by Gasteiger charge is -2.39. The summed E-state index contributed by atoms with van der Waals surface area (Å²) in [6.45, 7) is 8.28. The number of halogens is 1. The molecule has 8 heteroatoms. The van der Waals surface area contributed by atoms with Crippen molar-refractivity contribution in [3.63, 3.8) is 0 Å². The number of carbonyl (C=O) groups excluding carboxylic acids is 1. The first-order chi connectivity index (χ1) is 13.2. The summed E-state index contributed by atoms with van der Waals surface area (Å²) in [6.07, 6.45) is 4.99. The molecule has 1 aromatic rings. The minimum Gasteiger partial charge on any atom is -0.356 e. The van der Waals surface area contributed by atoms with Crippen LogP contribution in [0.2, 0.25) is 0 Å². The van der Waals surface area contributed by atoms with Crippen molar-refractivity contribution in [2.24, 2.45) is 4.99 Å². The van der Waals surface area contributed by atoms with E-state index in [1.54, 1.807) is 0 Å². The number of guanidine groups is 1. The number of nitrogens with one attached hydrogen (secondary N) is 1. The maximum absolute atomic E-state index is 12.6. The molecule has 0 spiro atoms. The van der Waals surface area contributed by atoms with E-state index >= 15 is 0 Å². The van der Waals surface area contributed by atoms with Crippen LogP contribution in [0.1, 0.15) is 25.5 Å². The van der Waals surface area contributed by atoms with Crippen molar-refractivity contribution in [3.8, 4) is 0 Å². The lowest BCUT2D eigenvalue weighted by atomic mass is 10.2. The van der Waals surface area contributed by atoms with E-state index < -0.39 is 0 Å². The maximum Gasteiger partial charge on any atom is 0.239 e. The number of rotatable bonds is 5. The van der Waals surface area contributed by atoms with Crippen LogP contribution in [-0.4, -0.2) is 90.5 Å². The van der Waals surface area contributed by atoms with Gasteiger partial charge in [0.15, 0.2) is 5.96 Å². The van der Waals surface area contributed by atoms with Crippen molar-refractivity contribution in [2.75, 3.05) is 52.9 Å². The molecule has 3 heterocycles. The number of pyridine rings is 1. The molecule has 3 rings (SSSR count). The number of aromatic nitrogens is 1. The van der Waals surface area contributed by atoms with Crippen LogP contribution in [0.15, 0.2) is 29.4 Å². The first-order valence-electron chi connectivity index (χ1n) is 10.1. The van der Waals surface area contributed by atoms with Gasteiger partial charge in [0.25, 0.3) is 0 Å². The third-order valence-electron chi connectivity index (χ3n) is 5.54. The van der Waals surface area contributed by atoms with E-state index in [4.69, 9.17) is 0 Å². The largest absolute Gasteiger partial charge is 0.356 e. The Morgan fingerprint density at radius 2 is 1.86 bits per heavy atom. The van der Waals surface area contributed by atoms with E-state index in [9.17, 15) is 4.79 Å². The van der Waals surface area contributed by atoms with Gasteiger partial charge >= 0.3 is 0 Å². The van der Waals surface area contributed by atoms with E-state index in [-0.39, 0.29) is 30.0 Å². The molecule has 1 amide bonds. The Balaban J connectivity index is 0.00000280.